The maximum atomic E-state index is 11.8. The van der Waals surface area contributed by atoms with Crippen LogP contribution in [0.25, 0.3) is 0 Å². The average molecular weight is 235 g/mol. The van der Waals surface area contributed by atoms with Crippen molar-refractivity contribution in [2.45, 2.75) is 26.2 Å². The molecule has 2 rings (SSSR count). The van der Waals surface area contributed by atoms with E-state index in [0.29, 0.717) is 12.1 Å². The molecule has 0 radical (unpaired) electrons. The molecule has 0 heterocycles. The fraction of sp³-hybridized carbons (Fsp3) is 0.462. The first kappa shape index (κ1) is 11.8. The number of nitrogens with one attached hydrogen (secondary N) is 1. The van der Waals surface area contributed by atoms with Crippen LogP contribution in [-0.2, 0) is 0 Å². The molecular weight excluding hydrogens is 218 g/mol. The highest BCUT2D eigenvalue weighted by Crippen LogP contribution is 2.39. The van der Waals surface area contributed by atoms with Crippen molar-refractivity contribution in [3.63, 3.8) is 0 Å². The normalized spacial score (nSPS) is 17.2. The smallest absolute Gasteiger partial charge is 0.251 e. The van der Waals surface area contributed by atoms with Gasteiger partial charge < -0.3 is 15.5 Å². The van der Waals surface area contributed by atoms with Gasteiger partial charge in [-0.1, -0.05) is 13.3 Å². The number of hydrogen-bond donors (Lipinski definition) is 3. The Bertz CT molecular complexity index is 438. The number of phenols is 2. The van der Waals surface area contributed by atoms with Gasteiger partial charge in [0.05, 0.1) is 0 Å². The molecule has 0 atom stereocenters. The molecule has 0 aliphatic heterocycles. The number of phenolic OH excluding ortho intramolecular Hbond substituents is 2. The Kier molecular flexibility index (Phi) is 2.96. The summed E-state index contributed by atoms with van der Waals surface area (Å²) in [5.41, 5.74) is 0.595. The summed E-state index contributed by atoms with van der Waals surface area (Å²) in [4.78, 5) is 11.8. The average Bonchev–Trinajstić information content (AvgIpc) is 2.27. The van der Waals surface area contributed by atoms with Gasteiger partial charge in [0.25, 0.3) is 5.91 Å². The summed E-state index contributed by atoms with van der Waals surface area (Å²) < 4.78 is 0. The van der Waals surface area contributed by atoms with E-state index in [2.05, 4.69) is 12.2 Å². The Morgan fingerprint density at radius 2 is 2.06 bits per heavy atom. The second-order valence-corrected chi connectivity index (χ2v) is 5.05. The van der Waals surface area contributed by atoms with Gasteiger partial charge in [0.1, 0.15) is 0 Å². The van der Waals surface area contributed by atoms with Gasteiger partial charge in [-0.3, -0.25) is 4.79 Å². The lowest BCUT2D eigenvalue weighted by Gasteiger charge is -2.38. The van der Waals surface area contributed by atoms with Gasteiger partial charge in [-0.2, -0.15) is 0 Å². The first-order chi connectivity index (χ1) is 8.00. The number of amides is 1. The van der Waals surface area contributed by atoms with Gasteiger partial charge in [0, 0.05) is 12.1 Å². The van der Waals surface area contributed by atoms with Crippen molar-refractivity contribution >= 4 is 5.91 Å². The highest BCUT2D eigenvalue weighted by Gasteiger charge is 2.31. The van der Waals surface area contributed by atoms with Gasteiger partial charge in [-0.15, -0.1) is 0 Å². The van der Waals surface area contributed by atoms with Crippen LogP contribution in [0.1, 0.15) is 36.5 Å². The van der Waals surface area contributed by atoms with Gasteiger partial charge in [-0.05, 0) is 36.5 Å². The third-order valence-electron chi connectivity index (χ3n) is 3.47. The van der Waals surface area contributed by atoms with Crippen LogP contribution in [0, 0.1) is 5.41 Å². The predicted molar refractivity (Wildman–Crippen MR) is 64.1 cm³/mol. The number of rotatable bonds is 3. The molecule has 1 amide bonds. The Balaban J connectivity index is 1.97. The monoisotopic (exact) mass is 235 g/mol. The molecule has 0 saturated heterocycles. The topological polar surface area (TPSA) is 69.6 Å². The van der Waals surface area contributed by atoms with Crippen LogP contribution in [0.15, 0.2) is 18.2 Å². The number of carbonyl (C=O) groups is 1. The van der Waals surface area contributed by atoms with Gasteiger partial charge >= 0.3 is 0 Å². The Hall–Kier alpha value is -1.71. The van der Waals surface area contributed by atoms with Crippen LogP contribution in [0.4, 0.5) is 0 Å². The Morgan fingerprint density at radius 1 is 1.35 bits per heavy atom. The lowest BCUT2D eigenvalue weighted by Crippen LogP contribution is -2.39. The highest BCUT2D eigenvalue weighted by molar-refractivity contribution is 5.94. The first-order valence-corrected chi connectivity index (χ1v) is 5.80. The molecule has 92 valence electrons. The molecule has 0 bridgehead atoms. The maximum Gasteiger partial charge on any atom is 0.251 e. The molecule has 1 fully saturated rings. The molecule has 17 heavy (non-hydrogen) atoms. The minimum absolute atomic E-state index is 0.214. The quantitative estimate of drug-likeness (QED) is 0.702. The van der Waals surface area contributed by atoms with Crippen LogP contribution in [-0.4, -0.2) is 22.7 Å². The highest BCUT2D eigenvalue weighted by atomic mass is 16.3. The molecule has 4 heteroatoms. The first-order valence-electron chi connectivity index (χ1n) is 5.80. The minimum Gasteiger partial charge on any atom is -0.504 e. The molecule has 0 spiro atoms. The van der Waals surface area contributed by atoms with Gasteiger partial charge in [0.2, 0.25) is 0 Å². The Labute approximate surface area is 100 Å². The zero-order valence-electron chi connectivity index (χ0n) is 9.86. The second-order valence-electron chi connectivity index (χ2n) is 5.05. The van der Waals surface area contributed by atoms with E-state index in [1.54, 1.807) is 0 Å². The van der Waals surface area contributed by atoms with E-state index < -0.39 is 0 Å². The fourth-order valence-corrected chi connectivity index (χ4v) is 2.02. The standard InChI is InChI=1S/C13H17NO3/c1-13(5-2-6-13)8-14-12(17)9-3-4-10(15)11(16)7-9/h3-4,7,15-16H,2,5-6,8H2,1H3,(H,14,17). The molecule has 0 unspecified atom stereocenters. The van der Waals surface area contributed by atoms with Crippen molar-refractivity contribution in [1.29, 1.82) is 0 Å². The van der Waals surface area contributed by atoms with Crippen molar-refractivity contribution in [3.8, 4) is 11.5 Å². The molecule has 1 aliphatic rings. The van der Waals surface area contributed by atoms with Crippen molar-refractivity contribution in [3.05, 3.63) is 23.8 Å². The molecule has 3 N–H and O–H groups in total. The SMILES string of the molecule is CC1(CNC(=O)c2ccc(O)c(O)c2)CCC1. The predicted octanol–water partition coefficient (Wildman–Crippen LogP) is 2.02. The summed E-state index contributed by atoms with van der Waals surface area (Å²) in [6.45, 7) is 2.82. The van der Waals surface area contributed by atoms with Crippen molar-refractivity contribution in [1.82, 2.24) is 5.32 Å². The molecule has 4 nitrogen and oxygen atoms in total. The van der Waals surface area contributed by atoms with Crippen LogP contribution < -0.4 is 5.32 Å². The lowest BCUT2D eigenvalue weighted by atomic mass is 9.70. The zero-order valence-corrected chi connectivity index (χ0v) is 9.86. The van der Waals surface area contributed by atoms with E-state index in [0.717, 1.165) is 12.8 Å². The van der Waals surface area contributed by atoms with Crippen LogP contribution in [0.5, 0.6) is 11.5 Å². The second kappa shape index (κ2) is 4.28. The minimum atomic E-state index is -0.271. The molecule has 1 saturated carbocycles. The number of hydrogen-bond acceptors (Lipinski definition) is 3. The number of aromatic hydroxyl groups is 2. The third kappa shape index (κ3) is 2.52. The summed E-state index contributed by atoms with van der Waals surface area (Å²) in [5.74, 6) is -0.701. The summed E-state index contributed by atoms with van der Waals surface area (Å²) in [7, 11) is 0. The molecule has 1 aromatic rings. The molecule has 0 aromatic heterocycles. The van der Waals surface area contributed by atoms with Crippen molar-refractivity contribution < 1.29 is 15.0 Å². The van der Waals surface area contributed by atoms with Crippen molar-refractivity contribution in [2.24, 2.45) is 5.41 Å². The van der Waals surface area contributed by atoms with Crippen LogP contribution >= 0.6 is 0 Å². The summed E-state index contributed by atoms with van der Waals surface area (Å²) in [6, 6.07) is 4.08. The van der Waals surface area contributed by atoms with E-state index in [9.17, 15) is 9.90 Å². The Morgan fingerprint density at radius 3 is 2.59 bits per heavy atom. The summed E-state index contributed by atoms with van der Waals surface area (Å²) in [6.07, 6.45) is 3.52. The maximum absolute atomic E-state index is 11.8. The van der Waals surface area contributed by atoms with E-state index in [4.69, 9.17) is 5.11 Å². The van der Waals surface area contributed by atoms with E-state index in [1.165, 1.54) is 24.6 Å². The zero-order chi connectivity index (χ0) is 12.5. The van der Waals surface area contributed by atoms with E-state index in [-0.39, 0.29) is 22.8 Å². The molecule has 1 aromatic carbocycles. The van der Waals surface area contributed by atoms with E-state index in [1.807, 2.05) is 0 Å². The number of carbonyl (C=O) groups excluding carboxylic acids is 1. The van der Waals surface area contributed by atoms with Crippen molar-refractivity contribution in [2.75, 3.05) is 6.54 Å². The van der Waals surface area contributed by atoms with Gasteiger partial charge in [0.15, 0.2) is 11.5 Å². The summed E-state index contributed by atoms with van der Waals surface area (Å²) >= 11 is 0. The third-order valence-corrected chi connectivity index (χ3v) is 3.47. The summed E-state index contributed by atoms with van der Waals surface area (Å²) in [5, 5.41) is 21.3. The number of benzene rings is 1. The van der Waals surface area contributed by atoms with Gasteiger partial charge in [-0.25, -0.2) is 0 Å². The largest absolute Gasteiger partial charge is 0.504 e. The lowest BCUT2D eigenvalue weighted by molar-refractivity contribution is 0.0890. The fourth-order valence-electron chi connectivity index (χ4n) is 2.02. The van der Waals surface area contributed by atoms with Crippen LogP contribution in [0.2, 0.25) is 0 Å². The van der Waals surface area contributed by atoms with Crippen LogP contribution in [0.3, 0.4) is 0 Å². The van der Waals surface area contributed by atoms with E-state index >= 15 is 0 Å². The molecule has 1 aliphatic carbocycles. The molecular formula is C13H17NO3.